The second-order valence-corrected chi connectivity index (χ2v) is 10.2. The highest BCUT2D eigenvalue weighted by molar-refractivity contribution is 5.80. The molecule has 2 saturated carbocycles. The van der Waals surface area contributed by atoms with Gasteiger partial charge in [0.15, 0.2) is 0 Å². The lowest BCUT2D eigenvalue weighted by molar-refractivity contribution is 0.344. The molecule has 3 aliphatic rings. The number of fused-ring (bicyclic) bond motifs is 5. The van der Waals surface area contributed by atoms with Crippen LogP contribution < -0.4 is 16.1 Å². The number of nitrogens with one attached hydrogen (secondary N) is 3. The zero-order chi connectivity index (χ0) is 19.9. The fourth-order valence-corrected chi connectivity index (χ4v) is 5.14. The number of hydrazone groups is 1. The standard InChI is InChI=1S/C24H36N4/c1-15(2)25-13-19-10-18-11-20(19)22-21(18)14-27-28-23(22)17-8-6-16(7-9-17)12-26-24(3,4)5/h6-9,14-15,18-21,25-26,28H,10-13H2,1-5H3. The molecule has 3 N–H and O–H groups in total. The number of hydrogen-bond donors (Lipinski definition) is 3. The first-order valence-electron chi connectivity index (χ1n) is 10.9. The lowest BCUT2D eigenvalue weighted by atomic mass is 9.76. The van der Waals surface area contributed by atoms with Crippen LogP contribution in [-0.2, 0) is 6.54 Å². The van der Waals surface area contributed by atoms with Crippen molar-refractivity contribution >= 4 is 11.9 Å². The molecule has 1 aliphatic heterocycles. The van der Waals surface area contributed by atoms with Crippen LogP contribution in [0.5, 0.6) is 0 Å². The van der Waals surface area contributed by atoms with Crippen LogP contribution in [0.3, 0.4) is 0 Å². The Kier molecular flexibility index (Phi) is 5.36. The fourth-order valence-electron chi connectivity index (χ4n) is 5.14. The molecule has 4 rings (SSSR count). The lowest BCUT2D eigenvalue weighted by Crippen LogP contribution is -2.35. The molecule has 1 aromatic carbocycles. The van der Waals surface area contributed by atoms with Crippen molar-refractivity contribution in [1.29, 1.82) is 0 Å². The molecule has 4 heteroatoms. The molecule has 0 spiro atoms. The molecular formula is C24H36N4. The normalized spacial score (nSPS) is 28.8. The van der Waals surface area contributed by atoms with Crippen molar-refractivity contribution in [3.63, 3.8) is 0 Å². The predicted molar refractivity (Wildman–Crippen MR) is 118 cm³/mol. The van der Waals surface area contributed by atoms with Crippen molar-refractivity contribution in [2.75, 3.05) is 6.54 Å². The van der Waals surface area contributed by atoms with E-state index in [0.717, 1.165) is 24.9 Å². The van der Waals surface area contributed by atoms with Gasteiger partial charge in [0.1, 0.15) is 0 Å². The highest BCUT2D eigenvalue weighted by Crippen LogP contribution is 2.56. The molecule has 0 aromatic heterocycles. The molecule has 0 radical (unpaired) electrons. The van der Waals surface area contributed by atoms with Gasteiger partial charge in [-0.3, -0.25) is 5.43 Å². The number of benzene rings is 1. The summed E-state index contributed by atoms with van der Waals surface area (Å²) in [7, 11) is 0. The lowest BCUT2D eigenvalue weighted by Gasteiger charge is -2.33. The summed E-state index contributed by atoms with van der Waals surface area (Å²) in [6.45, 7) is 13.1. The molecule has 2 fully saturated rings. The first-order valence-corrected chi connectivity index (χ1v) is 10.9. The Bertz CT molecular complexity index is 754. The third-order valence-electron chi connectivity index (χ3n) is 6.55. The minimum atomic E-state index is 0.137. The molecule has 1 aromatic rings. The van der Waals surface area contributed by atoms with Gasteiger partial charge < -0.3 is 10.6 Å². The van der Waals surface area contributed by atoms with Gasteiger partial charge in [-0.15, -0.1) is 0 Å². The van der Waals surface area contributed by atoms with Gasteiger partial charge in [-0.2, -0.15) is 5.10 Å². The Morgan fingerprint density at radius 1 is 1.14 bits per heavy atom. The van der Waals surface area contributed by atoms with Crippen LogP contribution in [0.15, 0.2) is 34.9 Å². The number of allylic oxidation sites excluding steroid dienone is 1. The zero-order valence-electron chi connectivity index (χ0n) is 18.0. The monoisotopic (exact) mass is 380 g/mol. The number of hydrogen-bond acceptors (Lipinski definition) is 4. The SMILES string of the molecule is CC(C)NCC1CC2CC1C1=C(c3ccc(CNC(C)(C)C)cc3)NN=CC12. The topological polar surface area (TPSA) is 48.4 Å². The van der Waals surface area contributed by atoms with Gasteiger partial charge in [-0.1, -0.05) is 38.1 Å². The van der Waals surface area contributed by atoms with Gasteiger partial charge in [0.05, 0.1) is 5.70 Å². The van der Waals surface area contributed by atoms with Gasteiger partial charge in [-0.05, 0) is 74.6 Å². The quantitative estimate of drug-likeness (QED) is 0.695. The Balaban J connectivity index is 1.54. The molecule has 0 saturated heterocycles. The Morgan fingerprint density at radius 3 is 2.57 bits per heavy atom. The molecule has 4 atom stereocenters. The maximum atomic E-state index is 4.53. The van der Waals surface area contributed by atoms with Gasteiger partial charge in [0, 0.05) is 30.3 Å². The summed E-state index contributed by atoms with van der Waals surface area (Å²) < 4.78 is 0. The molecule has 4 unspecified atom stereocenters. The van der Waals surface area contributed by atoms with Crippen LogP contribution in [0.25, 0.3) is 5.70 Å². The van der Waals surface area contributed by atoms with Crippen LogP contribution in [-0.4, -0.2) is 24.3 Å². The second kappa shape index (κ2) is 7.64. The molecule has 2 bridgehead atoms. The third kappa shape index (κ3) is 4.04. The predicted octanol–water partition coefficient (Wildman–Crippen LogP) is 4.15. The van der Waals surface area contributed by atoms with E-state index in [0.29, 0.717) is 17.9 Å². The van der Waals surface area contributed by atoms with Crippen LogP contribution in [0, 0.1) is 23.7 Å². The summed E-state index contributed by atoms with van der Waals surface area (Å²) in [4.78, 5) is 0. The summed E-state index contributed by atoms with van der Waals surface area (Å²) in [5.41, 5.74) is 8.99. The second-order valence-electron chi connectivity index (χ2n) is 10.2. The van der Waals surface area contributed by atoms with E-state index in [4.69, 9.17) is 0 Å². The Hall–Kier alpha value is -1.65. The highest BCUT2D eigenvalue weighted by Gasteiger charge is 2.50. The molecule has 1 heterocycles. The first-order chi connectivity index (χ1) is 13.3. The fraction of sp³-hybridized carbons (Fsp3) is 0.625. The maximum Gasteiger partial charge on any atom is 0.0635 e. The Labute approximate surface area is 170 Å². The van der Waals surface area contributed by atoms with Crippen molar-refractivity contribution in [2.24, 2.45) is 28.8 Å². The van der Waals surface area contributed by atoms with Crippen LogP contribution in [0.1, 0.15) is 58.6 Å². The van der Waals surface area contributed by atoms with E-state index >= 15 is 0 Å². The van der Waals surface area contributed by atoms with E-state index in [1.54, 1.807) is 5.57 Å². The average molecular weight is 381 g/mol. The molecule has 152 valence electrons. The minimum Gasteiger partial charge on any atom is -0.314 e. The van der Waals surface area contributed by atoms with E-state index in [-0.39, 0.29) is 5.54 Å². The molecule has 0 amide bonds. The van der Waals surface area contributed by atoms with E-state index in [1.807, 2.05) is 0 Å². The van der Waals surface area contributed by atoms with E-state index in [9.17, 15) is 0 Å². The van der Waals surface area contributed by atoms with Gasteiger partial charge in [0.2, 0.25) is 0 Å². The maximum absolute atomic E-state index is 4.53. The van der Waals surface area contributed by atoms with E-state index < -0.39 is 0 Å². The van der Waals surface area contributed by atoms with Crippen LogP contribution in [0.2, 0.25) is 0 Å². The van der Waals surface area contributed by atoms with Gasteiger partial charge in [-0.25, -0.2) is 0 Å². The largest absolute Gasteiger partial charge is 0.314 e. The first kappa shape index (κ1) is 19.7. The summed E-state index contributed by atoms with van der Waals surface area (Å²) in [5.74, 6) is 2.77. The van der Waals surface area contributed by atoms with Crippen molar-refractivity contribution in [1.82, 2.24) is 16.1 Å². The number of rotatable bonds is 6. The third-order valence-corrected chi connectivity index (χ3v) is 6.55. The molecule has 2 aliphatic carbocycles. The van der Waals surface area contributed by atoms with Gasteiger partial charge >= 0.3 is 0 Å². The van der Waals surface area contributed by atoms with Crippen LogP contribution >= 0.6 is 0 Å². The zero-order valence-corrected chi connectivity index (χ0v) is 18.0. The van der Waals surface area contributed by atoms with Crippen molar-refractivity contribution in [3.8, 4) is 0 Å². The summed E-state index contributed by atoms with van der Waals surface area (Å²) in [6.07, 6.45) is 4.84. The van der Waals surface area contributed by atoms with E-state index in [1.165, 1.54) is 29.7 Å². The van der Waals surface area contributed by atoms with Crippen LogP contribution in [0.4, 0.5) is 0 Å². The van der Waals surface area contributed by atoms with Crippen molar-refractivity contribution in [3.05, 3.63) is 41.0 Å². The summed E-state index contributed by atoms with van der Waals surface area (Å²) in [6, 6.07) is 9.59. The summed E-state index contributed by atoms with van der Waals surface area (Å²) in [5, 5.41) is 11.8. The smallest absolute Gasteiger partial charge is 0.0635 e. The van der Waals surface area contributed by atoms with E-state index in [2.05, 4.69) is 86.3 Å². The Morgan fingerprint density at radius 2 is 1.89 bits per heavy atom. The van der Waals surface area contributed by atoms with Gasteiger partial charge in [0.25, 0.3) is 0 Å². The minimum absolute atomic E-state index is 0.137. The highest BCUT2D eigenvalue weighted by atomic mass is 15.3. The van der Waals surface area contributed by atoms with Crippen molar-refractivity contribution < 1.29 is 0 Å². The molecule has 4 nitrogen and oxygen atoms in total. The summed E-state index contributed by atoms with van der Waals surface area (Å²) >= 11 is 0. The van der Waals surface area contributed by atoms with Crippen molar-refractivity contribution in [2.45, 2.75) is 65.6 Å². The molecule has 28 heavy (non-hydrogen) atoms. The number of nitrogens with zero attached hydrogens (tertiary/aromatic N) is 1. The molecular weight excluding hydrogens is 344 g/mol. The average Bonchev–Trinajstić information content (AvgIpc) is 3.23.